The maximum Gasteiger partial charge on any atom is 0.290 e. The van der Waals surface area contributed by atoms with Crippen LogP contribution in [0.15, 0.2) is 59.8 Å². The maximum absolute atomic E-state index is 11.9. The molecule has 174 valence electrons. The molecule has 0 saturated carbocycles. The molecule has 1 N–H and O–H groups in total. The normalized spacial score (nSPS) is 18.1. The Morgan fingerprint density at radius 3 is 2.53 bits per heavy atom. The van der Waals surface area contributed by atoms with E-state index in [1.165, 1.54) is 25.1 Å². The number of hydrogen-bond acceptors (Lipinski definition) is 6. The van der Waals surface area contributed by atoms with Crippen LogP contribution < -0.4 is 10.2 Å². The number of carbonyl (C=O) groups is 2. The van der Waals surface area contributed by atoms with Crippen molar-refractivity contribution in [2.75, 3.05) is 37.6 Å². The van der Waals surface area contributed by atoms with Gasteiger partial charge >= 0.3 is 0 Å². The Morgan fingerprint density at radius 2 is 1.82 bits per heavy atom. The van der Waals surface area contributed by atoms with E-state index in [1.54, 1.807) is 6.08 Å². The second-order valence-corrected chi connectivity index (χ2v) is 9.76. The number of pyridine rings is 1. The van der Waals surface area contributed by atoms with Gasteiger partial charge in [-0.15, -0.1) is 0 Å². The van der Waals surface area contributed by atoms with Crippen LogP contribution in [-0.4, -0.2) is 53.8 Å². The molecule has 2 fully saturated rings. The van der Waals surface area contributed by atoms with Crippen LogP contribution in [0.25, 0.3) is 28.0 Å². The summed E-state index contributed by atoms with van der Waals surface area (Å²) in [5.41, 5.74) is 4.29. The van der Waals surface area contributed by atoms with Crippen molar-refractivity contribution in [1.29, 1.82) is 0 Å². The SMILES string of the molecule is CCCCN1CCN(c2ccc(-c3cncc4ccc(C=C5SC(=O)NC5=O)cc34)cc2)CC1. The summed E-state index contributed by atoms with van der Waals surface area (Å²) >= 11 is 0.935. The summed E-state index contributed by atoms with van der Waals surface area (Å²) in [6, 6.07) is 14.7. The van der Waals surface area contributed by atoms with E-state index in [9.17, 15) is 9.59 Å². The van der Waals surface area contributed by atoms with Crippen LogP contribution in [0.3, 0.4) is 0 Å². The Labute approximate surface area is 204 Å². The highest BCUT2D eigenvalue weighted by Crippen LogP contribution is 2.32. The van der Waals surface area contributed by atoms with Gasteiger partial charge in [-0.1, -0.05) is 37.6 Å². The molecule has 2 aliphatic rings. The van der Waals surface area contributed by atoms with Crippen LogP contribution in [0.2, 0.25) is 0 Å². The number of anilines is 1. The lowest BCUT2D eigenvalue weighted by Gasteiger charge is -2.36. The summed E-state index contributed by atoms with van der Waals surface area (Å²) in [6.45, 7) is 7.81. The van der Waals surface area contributed by atoms with Gasteiger partial charge in [0, 0.05) is 55.2 Å². The molecule has 3 heterocycles. The largest absolute Gasteiger partial charge is 0.369 e. The Morgan fingerprint density at radius 1 is 1.03 bits per heavy atom. The summed E-state index contributed by atoms with van der Waals surface area (Å²) in [4.78, 5) is 33.3. The van der Waals surface area contributed by atoms with Crippen molar-refractivity contribution in [1.82, 2.24) is 15.2 Å². The van der Waals surface area contributed by atoms with Crippen LogP contribution in [0, 0.1) is 0 Å². The topological polar surface area (TPSA) is 65.5 Å². The van der Waals surface area contributed by atoms with Gasteiger partial charge in [-0.2, -0.15) is 0 Å². The maximum atomic E-state index is 11.9. The van der Waals surface area contributed by atoms with Crippen LogP contribution in [-0.2, 0) is 4.79 Å². The number of nitrogens with zero attached hydrogens (tertiary/aromatic N) is 3. The van der Waals surface area contributed by atoms with Crippen molar-refractivity contribution in [2.24, 2.45) is 0 Å². The zero-order valence-corrected chi connectivity index (χ0v) is 20.1. The van der Waals surface area contributed by atoms with E-state index >= 15 is 0 Å². The monoisotopic (exact) mass is 472 g/mol. The Balaban J connectivity index is 1.37. The van der Waals surface area contributed by atoms with Gasteiger partial charge in [0.05, 0.1) is 4.91 Å². The van der Waals surface area contributed by atoms with Crippen LogP contribution >= 0.6 is 11.8 Å². The van der Waals surface area contributed by atoms with Crippen molar-refractivity contribution >= 4 is 45.4 Å². The number of hydrogen-bond donors (Lipinski definition) is 1. The summed E-state index contributed by atoms with van der Waals surface area (Å²) in [7, 11) is 0. The standard InChI is InChI=1S/C27H28N4O2S/c1-2-3-10-30-11-13-31(14-12-30)22-8-6-20(7-9-22)24-18-28-17-21-5-4-19(15-23(21)24)16-25-26(32)29-27(33)34-25/h4-9,15-18H,2-3,10-14H2,1H3,(H,29,32,33). The number of piperazine rings is 1. The minimum atomic E-state index is -0.341. The van der Waals surface area contributed by atoms with Crippen molar-refractivity contribution in [3.8, 4) is 11.1 Å². The third-order valence-electron chi connectivity index (χ3n) is 6.47. The lowest BCUT2D eigenvalue weighted by Crippen LogP contribution is -2.46. The molecular formula is C27H28N4O2S. The zero-order chi connectivity index (χ0) is 23.5. The molecule has 5 rings (SSSR count). The van der Waals surface area contributed by atoms with Crippen molar-refractivity contribution in [3.05, 3.63) is 65.3 Å². The fourth-order valence-electron chi connectivity index (χ4n) is 4.54. The van der Waals surface area contributed by atoms with E-state index < -0.39 is 0 Å². The third kappa shape index (κ3) is 4.86. The zero-order valence-electron chi connectivity index (χ0n) is 19.3. The smallest absolute Gasteiger partial charge is 0.290 e. The third-order valence-corrected chi connectivity index (χ3v) is 7.28. The highest BCUT2D eigenvalue weighted by atomic mass is 32.2. The van der Waals surface area contributed by atoms with E-state index in [2.05, 4.69) is 57.4 Å². The molecule has 0 radical (unpaired) electrons. The molecule has 0 aliphatic carbocycles. The number of rotatable bonds is 6. The predicted molar refractivity (Wildman–Crippen MR) is 140 cm³/mol. The molecule has 2 aliphatic heterocycles. The second-order valence-electron chi connectivity index (χ2n) is 8.75. The van der Waals surface area contributed by atoms with Crippen LogP contribution in [0.1, 0.15) is 25.3 Å². The number of aromatic nitrogens is 1. The number of fused-ring (bicyclic) bond motifs is 1. The highest BCUT2D eigenvalue weighted by molar-refractivity contribution is 8.18. The molecule has 0 atom stereocenters. The Bertz CT molecular complexity index is 1250. The number of nitrogens with one attached hydrogen (secondary N) is 1. The number of benzene rings is 2. The second kappa shape index (κ2) is 9.99. The number of amides is 2. The molecule has 2 aromatic carbocycles. The number of thioether (sulfide) groups is 1. The van der Waals surface area contributed by atoms with Crippen molar-refractivity contribution in [3.63, 3.8) is 0 Å². The first-order chi connectivity index (χ1) is 16.6. The average Bonchev–Trinajstić information content (AvgIpc) is 3.19. The predicted octanol–water partition coefficient (Wildman–Crippen LogP) is 5.15. The summed E-state index contributed by atoms with van der Waals surface area (Å²) in [5.74, 6) is -0.341. The van der Waals surface area contributed by atoms with Crippen LogP contribution in [0.5, 0.6) is 0 Å². The Kier molecular flexibility index (Phi) is 6.65. The molecular weight excluding hydrogens is 444 g/mol. The van der Waals surface area contributed by atoms with Crippen LogP contribution in [0.4, 0.5) is 10.5 Å². The summed E-state index contributed by atoms with van der Waals surface area (Å²) < 4.78 is 0. The summed E-state index contributed by atoms with van der Waals surface area (Å²) in [5, 5.41) is 4.08. The van der Waals surface area contributed by atoms with E-state index in [1.807, 2.05) is 24.5 Å². The first kappa shape index (κ1) is 22.6. The lowest BCUT2D eigenvalue weighted by atomic mass is 9.98. The molecule has 0 spiro atoms. The van der Waals surface area contributed by atoms with Gasteiger partial charge in [0.1, 0.15) is 0 Å². The number of imide groups is 1. The lowest BCUT2D eigenvalue weighted by molar-refractivity contribution is -0.115. The van der Waals surface area contributed by atoms with E-state index in [-0.39, 0.29) is 11.1 Å². The van der Waals surface area contributed by atoms with Gasteiger partial charge in [0.25, 0.3) is 11.1 Å². The first-order valence-corrected chi connectivity index (χ1v) is 12.6. The minimum Gasteiger partial charge on any atom is -0.369 e. The van der Waals surface area contributed by atoms with E-state index in [4.69, 9.17) is 0 Å². The molecule has 2 amide bonds. The van der Waals surface area contributed by atoms with Gasteiger partial charge < -0.3 is 4.90 Å². The number of unbranched alkanes of at least 4 members (excludes halogenated alkanes) is 1. The van der Waals surface area contributed by atoms with Gasteiger partial charge in [0.15, 0.2) is 0 Å². The Hall–Kier alpha value is -3.16. The molecule has 6 nitrogen and oxygen atoms in total. The molecule has 3 aromatic rings. The van der Waals surface area contributed by atoms with Crippen molar-refractivity contribution in [2.45, 2.75) is 19.8 Å². The van der Waals surface area contributed by atoms with Gasteiger partial charge in [-0.05, 0) is 65.5 Å². The molecule has 0 bridgehead atoms. The number of carbonyl (C=O) groups excluding carboxylic acids is 2. The molecule has 1 aromatic heterocycles. The fourth-order valence-corrected chi connectivity index (χ4v) is 5.22. The van der Waals surface area contributed by atoms with Gasteiger partial charge in [-0.25, -0.2) is 0 Å². The van der Waals surface area contributed by atoms with E-state index in [0.29, 0.717) is 4.91 Å². The summed E-state index contributed by atoms with van der Waals surface area (Å²) in [6.07, 6.45) is 8.02. The first-order valence-electron chi connectivity index (χ1n) is 11.8. The molecule has 34 heavy (non-hydrogen) atoms. The molecule has 7 heteroatoms. The average molecular weight is 473 g/mol. The highest BCUT2D eigenvalue weighted by Gasteiger charge is 2.25. The van der Waals surface area contributed by atoms with Gasteiger partial charge in [0.2, 0.25) is 0 Å². The fraction of sp³-hybridized carbons (Fsp3) is 0.296. The minimum absolute atomic E-state index is 0.329. The van der Waals surface area contributed by atoms with Crippen molar-refractivity contribution < 1.29 is 9.59 Å². The molecule has 2 saturated heterocycles. The van der Waals surface area contributed by atoms with Gasteiger partial charge in [-0.3, -0.25) is 24.8 Å². The quantitative estimate of drug-likeness (QED) is 0.501. The molecule has 0 unspecified atom stereocenters. The van der Waals surface area contributed by atoms with E-state index in [0.717, 1.165) is 65.4 Å².